The molecule has 178 valence electrons. The number of anilines is 2. The van der Waals surface area contributed by atoms with Crippen LogP contribution in [-0.4, -0.2) is 32.9 Å². The quantitative estimate of drug-likeness (QED) is 0.296. The van der Waals surface area contributed by atoms with Crippen molar-refractivity contribution in [3.05, 3.63) is 85.8 Å². The van der Waals surface area contributed by atoms with E-state index in [0.29, 0.717) is 11.3 Å². The second kappa shape index (κ2) is 10.4. The van der Waals surface area contributed by atoms with Gasteiger partial charge in [0.1, 0.15) is 12.3 Å². The first-order valence-corrected chi connectivity index (χ1v) is 12.3. The summed E-state index contributed by atoms with van der Waals surface area (Å²) in [5.74, 6) is -0.499. The van der Waals surface area contributed by atoms with Crippen molar-refractivity contribution >= 4 is 60.5 Å². The van der Waals surface area contributed by atoms with E-state index in [4.69, 9.17) is 16.3 Å². The number of hydrogen-bond acceptors (Lipinski definition) is 6. The summed E-state index contributed by atoms with van der Waals surface area (Å²) in [7, 11) is -3.10. The number of carbonyl (C=O) groups is 1. The van der Waals surface area contributed by atoms with Crippen molar-refractivity contribution in [3.63, 3.8) is 0 Å². The van der Waals surface area contributed by atoms with Gasteiger partial charge in [-0.3, -0.25) is 19.2 Å². The van der Waals surface area contributed by atoms with Gasteiger partial charge in [0, 0.05) is 26.8 Å². The number of methoxy groups -OCH3 is 1. The molecule has 0 bridgehead atoms. The van der Waals surface area contributed by atoms with Crippen LogP contribution >= 0.6 is 27.5 Å². The number of nitrogens with one attached hydrogen (secondary N) is 1. The lowest BCUT2D eigenvalue weighted by Gasteiger charge is -2.26. The first-order chi connectivity index (χ1) is 16.0. The van der Waals surface area contributed by atoms with Gasteiger partial charge in [0.25, 0.3) is 15.7 Å². The lowest BCUT2D eigenvalue weighted by atomic mass is 10.2. The van der Waals surface area contributed by atoms with E-state index >= 15 is 0 Å². The topological polar surface area (TPSA) is 119 Å². The lowest BCUT2D eigenvalue weighted by molar-refractivity contribution is -0.385. The van der Waals surface area contributed by atoms with Crippen molar-refractivity contribution in [2.45, 2.75) is 11.8 Å². The summed E-state index contributed by atoms with van der Waals surface area (Å²) in [6.07, 6.45) is 0. The summed E-state index contributed by atoms with van der Waals surface area (Å²) in [6, 6.07) is 14.6. The molecule has 0 radical (unpaired) electrons. The Morgan fingerprint density at radius 1 is 1.15 bits per heavy atom. The third-order valence-corrected chi connectivity index (χ3v) is 7.31. The molecule has 0 unspecified atom stereocenters. The number of benzene rings is 3. The van der Waals surface area contributed by atoms with Gasteiger partial charge in [-0.15, -0.1) is 0 Å². The van der Waals surface area contributed by atoms with Crippen molar-refractivity contribution in [2.75, 3.05) is 23.3 Å². The Kier molecular flexibility index (Phi) is 7.80. The zero-order chi connectivity index (χ0) is 25.0. The summed E-state index contributed by atoms with van der Waals surface area (Å²) in [5, 5.41) is 14.2. The number of hydrogen-bond donors (Lipinski definition) is 1. The minimum absolute atomic E-state index is 0.00387. The number of amides is 1. The number of rotatable bonds is 8. The number of ether oxygens (including phenoxy) is 1. The van der Waals surface area contributed by atoms with E-state index in [1.165, 1.54) is 44.4 Å². The van der Waals surface area contributed by atoms with Crippen LogP contribution in [0, 0.1) is 17.0 Å². The van der Waals surface area contributed by atoms with Crippen LogP contribution in [0.4, 0.5) is 17.1 Å². The fraction of sp³-hybridized carbons (Fsp3) is 0.136. The molecule has 0 saturated heterocycles. The summed E-state index contributed by atoms with van der Waals surface area (Å²) in [4.78, 5) is 23.2. The monoisotopic (exact) mass is 567 g/mol. The number of halogens is 2. The van der Waals surface area contributed by atoms with E-state index in [9.17, 15) is 23.3 Å². The normalized spacial score (nSPS) is 11.1. The van der Waals surface area contributed by atoms with E-state index in [0.717, 1.165) is 14.8 Å². The Morgan fingerprint density at radius 2 is 1.82 bits per heavy atom. The standard InChI is InChI=1S/C22H19BrClN3O6S/c1-14-3-9-18(12-19(14)27(29)30)34(31,32)26(20-11-16(24)6-10-21(20)33-2)13-22(28)25-17-7-4-15(23)5-8-17/h3-12H,13H2,1-2H3,(H,25,28). The molecule has 3 aromatic rings. The number of carbonyl (C=O) groups excluding carboxylic acids is 1. The predicted molar refractivity (Wildman–Crippen MR) is 133 cm³/mol. The zero-order valence-electron chi connectivity index (χ0n) is 18.0. The van der Waals surface area contributed by atoms with Crippen LogP contribution in [0.3, 0.4) is 0 Å². The molecule has 3 rings (SSSR count). The average molecular weight is 569 g/mol. The number of aryl methyl sites for hydroxylation is 1. The van der Waals surface area contributed by atoms with E-state index in [-0.39, 0.29) is 27.0 Å². The van der Waals surface area contributed by atoms with Gasteiger partial charge in [-0.25, -0.2) is 8.42 Å². The van der Waals surface area contributed by atoms with Crippen LogP contribution in [0.2, 0.25) is 5.02 Å². The Bertz CT molecular complexity index is 1350. The largest absolute Gasteiger partial charge is 0.495 e. The molecule has 1 amide bonds. The highest BCUT2D eigenvalue weighted by Gasteiger charge is 2.31. The molecule has 0 heterocycles. The fourth-order valence-electron chi connectivity index (χ4n) is 3.10. The summed E-state index contributed by atoms with van der Waals surface area (Å²) >= 11 is 9.41. The van der Waals surface area contributed by atoms with Gasteiger partial charge in [0.05, 0.1) is 22.6 Å². The molecule has 9 nitrogen and oxygen atoms in total. The molecule has 34 heavy (non-hydrogen) atoms. The maximum atomic E-state index is 13.6. The highest BCUT2D eigenvalue weighted by Crippen LogP contribution is 2.35. The Morgan fingerprint density at radius 3 is 2.44 bits per heavy atom. The Labute approximate surface area is 209 Å². The molecular formula is C22H19BrClN3O6S. The maximum absolute atomic E-state index is 13.6. The van der Waals surface area contributed by atoms with Crippen LogP contribution < -0.4 is 14.4 Å². The highest BCUT2D eigenvalue weighted by atomic mass is 79.9. The minimum Gasteiger partial charge on any atom is -0.495 e. The number of nitro benzene ring substituents is 1. The van der Waals surface area contributed by atoms with E-state index in [2.05, 4.69) is 21.2 Å². The maximum Gasteiger partial charge on any atom is 0.273 e. The molecule has 1 N–H and O–H groups in total. The van der Waals surface area contributed by atoms with Crippen molar-refractivity contribution < 1.29 is 22.9 Å². The van der Waals surface area contributed by atoms with Gasteiger partial charge in [-0.05, 0) is 55.5 Å². The van der Waals surface area contributed by atoms with Gasteiger partial charge in [0.2, 0.25) is 5.91 Å². The third kappa shape index (κ3) is 5.66. The number of nitro groups is 1. The molecule has 0 aliphatic rings. The van der Waals surface area contributed by atoms with E-state index in [1.807, 2.05) is 0 Å². The van der Waals surface area contributed by atoms with Gasteiger partial charge in [-0.2, -0.15) is 0 Å². The molecule has 0 spiro atoms. The van der Waals surface area contributed by atoms with Crippen LogP contribution in [0.5, 0.6) is 5.75 Å². The van der Waals surface area contributed by atoms with E-state index < -0.39 is 27.4 Å². The van der Waals surface area contributed by atoms with Crippen LogP contribution in [0.1, 0.15) is 5.56 Å². The smallest absolute Gasteiger partial charge is 0.273 e. The molecule has 0 atom stereocenters. The first kappa shape index (κ1) is 25.5. The SMILES string of the molecule is COc1ccc(Cl)cc1N(CC(=O)Nc1ccc(Br)cc1)S(=O)(=O)c1ccc(C)c([N+](=O)[O-])c1. The second-order valence-electron chi connectivity index (χ2n) is 7.09. The third-order valence-electron chi connectivity index (χ3n) is 4.79. The molecule has 3 aromatic carbocycles. The number of nitrogens with zero attached hydrogens (tertiary/aromatic N) is 2. The first-order valence-electron chi connectivity index (χ1n) is 9.69. The molecule has 0 saturated carbocycles. The molecule has 0 aliphatic carbocycles. The average Bonchev–Trinajstić information content (AvgIpc) is 2.79. The lowest BCUT2D eigenvalue weighted by Crippen LogP contribution is -2.38. The molecular weight excluding hydrogens is 550 g/mol. The van der Waals surface area contributed by atoms with Gasteiger partial charge in [0.15, 0.2) is 0 Å². The van der Waals surface area contributed by atoms with Crippen molar-refractivity contribution in [2.24, 2.45) is 0 Å². The highest BCUT2D eigenvalue weighted by molar-refractivity contribution is 9.10. The van der Waals surface area contributed by atoms with Crippen LogP contribution in [0.25, 0.3) is 0 Å². The Balaban J connectivity index is 2.09. The predicted octanol–water partition coefficient (Wildman–Crippen LogP) is 5.16. The number of sulfonamides is 1. The summed E-state index contributed by atoms with van der Waals surface area (Å²) < 4.78 is 34.2. The van der Waals surface area contributed by atoms with Gasteiger partial charge >= 0.3 is 0 Å². The fourth-order valence-corrected chi connectivity index (χ4v) is 4.97. The van der Waals surface area contributed by atoms with Crippen molar-refractivity contribution in [1.82, 2.24) is 0 Å². The van der Waals surface area contributed by atoms with Crippen molar-refractivity contribution in [1.29, 1.82) is 0 Å². The molecule has 12 heteroatoms. The second-order valence-corrected chi connectivity index (χ2v) is 10.3. The Hall–Kier alpha value is -3.15. The van der Waals surface area contributed by atoms with Gasteiger partial charge < -0.3 is 10.1 Å². The van der Waals surface area contributed by atoms with E-state index in [1.54, 1.807) is 24.3 Å². The molecule has 0 fully saturated rings. The molecule has 0 aromatic heterocycles. The summed E-state index contributed by atoms with van der Waals surface area (Å²) in [6.45, 7) is 0.856. The summed E-state index contributed by atoms with van der Waals surface area (Å²) in [5.41, 5.74) is 0.390. The molecule has 0 aliphatic heterocycles. The van der Waals surface area contributed by atoms with Crippen LogP contribution in [-0.2, 0) is 14.8 Å². The van der Waals surface area contributed by atoms with Gasteiger partial charge in [-0.1, -0.05) is 33.6 Å². The van der Waals surface area contributed by atoms with Crippen molar-refractivity contribution in [3.8, 4) is 5.75 Å². The zero-order valence-corrected chi connectivity index (χ0v) is 21.1. The van der Waals surface area contributed by atoms with Crippen LogP contribution in [0.15, 0.2) is 70.0 Å². The minimum atomic E-state index is -4.45.